The van der Waals surface area contributed by atoms with Crippen LogP contribution in [-0.2, 0) is 13.6 Å². The fourth-order valence-electron chi connectivity index (χ4n) is 3.70. The third-order valence-corrected chi connectivity index (χ3v) is 4.72. The highest BCUT2D eigenvalue weighted by Gasteiger charge is 2.38. The zero-order valence-electron chi connectivity index (χ0n) is 11.1. The maximum absolute atomic E-state index is 10.1. The van der Waals surface area contributed by atoms with E-state index in [0.29, 0.717) is 12.0 Å². The van der Waals surface area contributed by atoms with Crippen molar-refractivity contribution in [2.24, 2.45) is 13.0 Å². The molecule has 0 bridgehead atoms. The van der Waals surface area contributed by atoms with Crippen LogP contribution in [0.2, 0.25) is 0 Å². The lowest BCUT2D eigenvalue weighted by molar-refractivity contribution is 0.0711. The average molecular weight is 249 g/mol. The predicted octanol–water partition coefficient (Wildman–Crippen LogP) is 1.55. The molecule has 1 saturated heterocycles. The Morgan fingerprint density at radius 3 is 2.89 bits per heavy atom. The third kappa shape index (κ3) is 2.19. The second kappa shape index (κ2) is 5.02. The first-order chi connectivity index (χ1) is 8.75. The Kier molecular flexibility index (Phi) is 3.39. The van der Waals surface area contributed by atoms with Crippen molar-refractivity contribution in [2.75, 3.05) is 6.54 Å². The molecule has 3 atom stereocenters. The van der Waals surface area contributed by atoms with Gasteiger partial charge in [0.15, 0.2) is 0 Å². The van der Waals surface area contributed by atoms with Crippen LogP contribution in [0.15, 0.2) is 12.5 Å². The molecule has 1 aromatic heterocycles. The van der Waals surface area contributed by atoms with Crippen LogP contribution >= 0.6 is 0 Å². The van der Waals surface area contributed by atoms with Crippen LogP contribution in [0, 0.1) is 5.92 Å². The zero-order chi connectivity index (χ0) is 12.5. The Morgan fingerprint density at radius 1 is 1.33 bits per heavy atom. The average Bonchev–Trinajstić information content (AvgIpc) is 3.03. The Bertz CT molecular complexity index is 403. The molecule has 0 aromatic carbocycles. The maximum atomic E-state index is 10.1. The van der Waals surface area contributed by atoms with E-state index in [0.717, 1.165) is 13.0 Å². The predicted molar refractivity (Wildman–Crippen MR) is 70.0 cm³/mol. The molecule has 18 heavy (non-hydrogen) atoms. The lowest BCUT2D eigenvalue weighted by Gasteiger charge is -2.31. The minimum absolute atomic E-state index is 0.0675. The highest BCUT2D eigenvalue weighted by molar-refractivity contribution is 5.00. The molecule has 1 aliphatic heterocycles. The number of likely N-dealkylation sites (tertiary alicyclic amines) is 1. The Hall–Kier alpha value is -0.870. The molecule has 1 aliphatic carbocycles. The third-order valence-electron chi connectivity index (χ3n) is 4.72. The summed E-state index contributed by atoms with van der Waals surface area (Å²) in [4.78, 5) is 6.74. The summed E-state index contributed by atoms with van der Waals surface area (Å²) in [6.45, 7) is 2.14. The molecule has 0 spiro atoms. The highest BCUT2D eigenvalue weighted by atomic mass is 16.3. The maximum Gasteiger partial charge on any atom is 0.0945 e. The first-order valence-electron chi connectivity index (χ1n) is 7.13. The Morgan fingerprint density at radius 2 is 2.22 bits per heavy atom. The fourth-order valence-corrected chi connectivity index (χ4v) is 3.70. The van der Waals surface area contributed by atoms with Gasteiger partial charge in [-0.15, -0.1) is 0 Å². The molecule has 1 N–H and O–H groups in total. The van der Waals surface area contributed by atoms with Crippen molar-refractivity contribution < 1.29 is 5.11 Å². The van der Waals surface area contributed by atoms with Crippen molar-refractivity contribution in [1.82, 2.24) is 14.5 Å². The summed E-state index contributed by atoms with van der Waals surface area (Å²) < 4.78 is 2.10. The van der Waals surface area contributed by atoms with Gasteiger partial charge in [0.05, 0.1) is 18.1 Å². The molecule has 2 fully saturated rings. The molecular weight excluding hydrogens is 226 g/mol. The van der Waals surface area contributed by atoms with Crippen molar-refractivity contribution in [1.29, 1.82) is 0 Å². The van der Waals surface area contributed by atoms with Gasteiger partial charge in [0.25, 0.3) is 0 Å². The number of aromatic nitrogens is 2. The van der Waals surface area contributed by atoms with Crippen molar-refractivity contribution in [3.05, 3.63) is 18.2 Å². The number of hydrogen-bond donors (Lipinski definition) is 1. The second-order valence-corrected chi connectivity index (χ2v) is 5.84. The number of imidazole rings is 1. The quantitative estimate of drug-likeness (QED) is 0.883. The van der Waals surface area contributed by atoms with Crippen LogP contribution in [0.4, 0.5) is 0 Å². The molecule has 4 nitrogen and oxygen atoms in total. The first kappa shape index (κ1) is 12.2. The van der Waals surface area contributed by atoms with E-state index < -0.39 is 0 Å². The number of rotatable bonds is 3. The van der Waals surface area contributed by atoms with Crippen LogP contribution in [0.1, 0.15) is 37.8 Å². The molecule has 2 heterocycles. The van der Waals surface area contributed by atoms with E-state index in [1.807, 2.05) is 12.5 Å². The van der Waals surface area contributed by atoms with Gasteiger partial charge in [-0.05, 0) is 32.2 Å². The number of aryl methyl sites for hydroxylation is 1. The normalized spacial score (nSPS) is 33.3. The van der Waals surface area contributed by atoms with Gasteiger partial charge in [-0.2, -0.15) is 0 Å². The van der Waals surface area contributed by atoms with E-state index in [4.69, 9.17) is 0 Å². The molecular formula is C14H23N3O. The van der Waals surface area contributed by atoms with E-state index >= 15 is 0 Å². The number of hydrogen-bond acceptors (Lipinski definition) is 3. The number of aliphatic hydroxyl groups is 1. The minimum Gasteiger partial charge on any atom is -0.393 e. The van der Waals surface area contributed by atoms with Gasteiger partial charge < -0.3 is 9.67 Å². The largest absolute Gasteiger partial charge is 0.393 e. The first-order valence-corrected chi connectivity index (χ1v) is 7.13. The molecule has 0 radical (unpaired) electrons. The smallest absolute Gasteiger partial charge is 0.0945 e. The molecule has 2 aliphatic rings. The van der Waals surface area contributed by atoms with Gasteiger partial charge in [-0.3, -0.25) is 4.90 Å². The van der Waals surface area contributed by atoms with Crippen LogP contribution < -0.4 is 0 Å². The summed E-state index contributed by atoms with van der Waals surface area (Å²) in [6.07, 6.45) is 9.68. The van der Waals surface area contributed by atoms with Gasteiger partial charge in [0.1, 0.15) is 0 Å². The summed E-state index contributed by atoms with van der Waals surface area (Å²) in [5.74, 6) is 0.501. The molecule has 4 heteroatoms. The fraction of sp³-hybridized carbons (Fsp3) is 0.786. The van der Waals surface area contributed by atoms with E-state index in [1.165, 1.54) is 37.9 Å². The monoisotopic (exact) mass is 249 g/mol. The molecule has 3 rings (SSSR count). The lowest BCUT2D eigenvalue weighted by Crippen LogP contribution is -2.38. The number of nitrogens with zero attached hydrogens (tertiary/aromatic N) is 3. The lowest BCUT2D eigenvalue weighted by atomic mass is 9.94. The van der Waals surface area contributed by atoms with E-state index in [9.17, 15) is 5.11 Å². The SMILES string of the molecule is Cn1cncc1CN1CCCC1C1CCCC1O. The summed E-state index contributed by atoms with van der Waals surface area (Å²) in [6, 6.07) is 0.581. The van der Waals surface area contributed by atoms with Crippen LogP contribution in [0.25, 0.3) is 0 Å². The second-order valence-electron chi connectivity index (χ2n) is 5.84. The summed E-state index contributed by atoms with van der Waals surface area (Å²) in [7, 11) is 2.05. The van der Waals surface area contributed by atoms with Gasteiger partial charge in [-0.25, -0.2) is 4.98 Å². The Labute approximate surface area is 109 Å². The molecule has 1 aromatic rings. The van der Waals surface area contributed by atoms with Crippen LogP contribution in [0.5, 0.6) is 0 Å². The van der Waals surface area contributed by atoms with Crippen molar-refractivity contribution in [2.45, 2.75) is 50.8 Å². The molecule has 1 saturated carbocycles. The van der Waals surface area contributed by atoms with Gasteiger partial charge in [0.2, 0.25) is 0 Å². The van der Waals surface area contributed by atoms with Crippen molar-refractivity contribution >= 4 is 0 Å². The topological polar surface area (TPSA) is 41.3 Å². The Balaban J connectivity index is 1.69. The molecule has 100 valence electrons. The highest BCUT2D eigenvalue weighted by Crippen LogP contribution is 2.36. The van der Waals surface area contributed by atoms with Crippen molar-refractivity contribution in [3.8, 4) is 0 Å². The van der Waals surface area contributed by atoms with Gasteiger partial charge >= 0.3 is 0 Å². The van der Waals surface area contributed by atoms with E-state index in [1.54, 1.807) is 0 Å². The molecule has 3 unspecified atom stereocenters. The molecule has 0 amide bonds. The minimum atomic E-state index is -0.0675. The summed E-state index contributed by atoms with van der Waals surface area (Å²) >= 11 is 0. The summed E-state index contributed by atoms with van der Waals surface area (Å²) in [5, 5.41) is 10.1. The van der Waals surface area contributed by atoms with Crippen LogP contribution in [0.3, 0.4) is 0 Å². The van der Waals surface area contributed by atoms with E-state index in [-0.39, 0.29) is 6.10 Å². The summed E-state index contributed by atoms with van der Waals surface area (Å²) in [5.41, 5.74) is 1.27. The van der Waals surface area contributed by atoms with E-state index in [2.05, 4.69) is 21.5 Å². The zero-order valence-corrected chi connectivity index (χ0v) is 11.1. The van der Waals surface area contributed by atoms with Crippen molar-refractivity contribution in [3.63, 3.8) is 0 Å². The van der Waals surface area contributed by atoms with Gasteiger partial charge in [-0.1, -0.05) is 6.42 Å². The standard InChI is InChI=1S/C14H23N3O/c1-16-10-15-8-11(16)9-17-7-3-5-13(17)12-4-2-6-14(12)18/h8,10,12-14,18H,2-7,9H2,1H3. The van der Waals surface area contributed by atoms with Gasteiger partial charge in [0, 0.05) is 31.7 Å². The number of aliphatic hydroxyl groups excluding tert-OH is 1. The van der Waals surface area contributed by atoms with Crippen LogP contribution in [-0.4, -0.2) is 38.2 Å².